The van der Waals surface area contributed by atoms with Crippen LogP contribution < -0.4 is 14.4 Å². The van der Waals surface area contributed by atoms with E-state index in [0.29, 0.717) is 17.1 Å². The van der Waals surface area contributed by atoms with Crippen LogP contribution in [0.1, 0.15) is 22.3 Å². The molecule has 1 N–H and O–H groups in total. The van der Waals surface area contributed by atoms with Crippen LogP contribution >= 0.6 is 0 Å². The van der Waals surface area contributed by atoms with Crippen molar-refractivity contribution in [3.05, 3.63) is 95.1 Å². The molecule has 0 fully saturated rings. The predicted molar refractivity (Wildman–Crippen MR) is 141 cm³/mol. The van der Waals surface area contributed by atoms with E-state index in [-0.39, 0.29) is 17.3 Å². The van der Waals surface area contributed by atoms with Crippen molar-refractivity contribution in [2.45, 2.75) is 37.7 Å². The molecule has 0 saturated carbocycles. The van der Waals surface area contributed by atoms with Gasteiger partial charge in [0.1, 0.15) is 5.75 Å². The monoisotopic (exact) mass is 498 g/mol. The van der Waals surface area contributed by atoms with E-state index < -0.39 is 16.1 Å². The molecular formula is C29H26N2O4S. The van der Waals surface area contributed by atoms with Gasteiger partial charge >= 0.3 is 0 Å². The standard InChI is InChI=1S/C29H26N2O4S/c1-18-6-12-22(13-7-18)36(33,34)31-17-27(35-26-15-8-19(2)16-25(26)31)29(32)30-24-14-11-21-10-9-20-4-3-5-23(24)28(20)21/h3-8,11-16,27H,9-10,17H2,1-2H3,(H,30,32)/t27-/m1/s1. The van der Waals surface area contributed by atoms with Crippen LogP contribution in [0.4, 0.5) is 11.4 Å². The highest BCUT2D eigenvalue weighted by molar-refractivity contribution is 7.92. The van der Waals surface area contributed by atoms with Gasteiger partial charge in [-0.1, -0.05) is 48.0 Å². The average Bonchev–Trinajstić information content (AvgIpc) is 3.30. The van der Waals surface area contributed by atoms with Gasteiger partial charge in [0.15, 0.2) is 6.10 Å². The number of amides is 1. The molecule has 0 saturated heterocycles. The second-order valence-electron chi connectivity index (χ2n) is 9.53. The Morgan fingerprint density at radius 3 is 2.42 bits per heavy atom. The van der Waals surface area contributed by atoms with Crippen LogP contribution in [0.5, 0.6) is 5.75 Å². The smallest absolute Gasteiger partial charge is 0.267 e. The zero-order chi connectivity index (χ0) is 25.0. The van der Waals surface area contributed by atoms with Gasteiger partial charge in [-0.05, 0) is 79.1 Å². The Balaban J connectivity index is 1.36. The van der Waals surface area contributed by atoms with Gasteiger partial charge in [0, 0.05) is 11.1 Å². The summed E-state index contributed by atoms with van der Waals surface area (Å²) in [6.07, 6.45) is 0.985. The number of nitrogens with one attached hydrogen (secondary N) is 1. The molecule has 182 valence electrons. The number of aryl methyl sites for hydroxylation is 4. The minimum absolute atomic E-state index is 0.125. The third-order valence-corrected chi connectivity index (χ3v) is 8.81. The maximum absolute atomic E-state index is 13.7. The van der Waals surface area contributed by atoms with E-state index in [0.717, 1.165) is 29.4 Å². The summed E-state index contributed by atoms with van der Waals surface area (Å²) in [6, 6.07) is 22.2. The fraction of sp³-hybridized carbons (Fsp3) is 0.207. The largest absolute Gasteiger partial charge is 0.476 e. The van der Waals surface area contributed by atoms with E-state index in [4.69, 9.17) is 4.74 Å². The molecular weight excluding hydrogens is 472 g/mol. The lowest BCUT2D eigenvalue weighted by Gasteiger charge is -2.35. The third kappa shape index (κ3) is 3.71. The second kappa shape index (κ2) is 8.38. The van der Waals surface area contributed by atoms with Gasteiger partial charge in [0.25, 0.3) is 15.9 Å². The van der Waals surface area contributed by atoms with Crippen LogP contribution in [0.2, 0.25) is 0 Å². The van der Waals surface area contributed by atoms with Crippen molar-refractivity contribution in [2.24, 2.45) is 0 Å². The van der Waals surface area contributed by atoms with Gasteiger partial charge in [-0.15, -0.1) is 0 Å². The lowest BCUT2D eigenvalue weighted by molar-refractivity contribution is -0.122. The summed E-state index contributed by atoms with van der Waals surface area (Å²) < 4.78 is 34.7. The summed E-state index contributed by atoms with van der Waals surface area (Å²) in [4.78, 5) is 13.6. The highest BCUT2D eigenvalue weighted by Gasteiger charge is 2.38. The van der Waals surface area contributed by atoms with Gasteiger partial charge in [-0.2, -0.15) is 0 Å². The van der Waals surface area contributed by atoms with Gasteiger partial charge in [0.05, 0.1) is 17.1 Å². The number of carbonyl (C=O) groups excluding carboxylic acids is 1. The highest BCUT2D eigenvalue weighted by atomic mass is 32.2. The van der Waals surface area contributed by atoms with Crippen molar-refractivity contribution in [2.75, 3.05) is 16.2 Å². The van der Waals surface area contributed by atoms with E-state index in [1.807, 2.05) is 38.1 Å². The van der Waals surface area contributed by atoms with E-state index in [9.17, 15) is 13.2 Å². The summed E-state index contributed by atoms with van der Waals surface area (Å²) in [5.41, 5.74) is 5.57. The first kappa shape index (κ1) is 22.6. The number of rotatable bonds is 4. The number of sulfonamides is 1. The normalized spacial score (nSPS) is 16.5. The fourth-order valence-electron chi connectivity index (χ4n) is 5.13. The van der Waals surface area contributed by atoms with Crippen LogP contribution in [0.3, 0.4) is 0 Å². The summed E-state index contributed by atoms with van der Waals surface area (Å²) in [5, 5.41) is 5.20. The molecule has 36 heavy (non-hydrogen) atoms. The number of fused-ring (bicyclic) bond motifs is 1. The Labute approximate surface area is 210 Å². The Kier molecular flexibility index (Phi) is 5.26. The Morgan fingerprint density at radius 2 is 1.64 bits per heavy atom. The number of carbonyl (C=O) groups is 1. The molecule has 4 aromatic rings. The molecule has 1 aliphatic carbocycles. The quantitative estimate of drug-likeness (QED) is 0.422. The molecule has 1 aliphatic heterocycles. The molecule has 1 amide bonds. The predicted octanol–water partition coefficient (Wildman–Crippen LogP) is 5.15. The molecule has 0 radical (unpaired) electrons. The fourth-order valence-corrected chi connectivity index (χ4v) is 6.60. The minimum atomic E-state index is -3.91. The van der Waals surface area contributed by atoms with Crippen LogP contribution in [0.15, 0.2) is 77.7 Å². The number of hydrogen-bond acceptors (Lipinski definition) is 4. The zero-order valence-corrected chi connectivity index (χ0v) is 20.9. The molecule has 4 aromatic carbocycles. The summed E-state index contributed by atoms with van der Waals surface area (Å²) >= 11 is 0. The average molecular weight is 499 g/mol. The van der Waals surface area contributed by atoms with Crippen LogP contribution in [-0.4, -0.2) is 27.0 Å². The minimum Gasteiger partial charge on any atom is -0.476 e. The maximum Gasteiger partial charge on any atom is 0.267 e. The van der Waals surface area contributed by atoms with Crippen molar-refractivity contribution < 1.29 is 17.9 Å². The Morgan fingerprint density at radius 1 is 0.917 bits per heavy atom. The van der Waals surface area contributed by atoms with E-state index in [1.54, 1.807) is 36.4 Å². The lowest BCUT2D eigenvalue weighted by Crippen LogP contribution is -2.48. The molecule has 1 heterocycles. The van der Waals surface area contributed by atoms with Crippen molar-refractivity contribution in [3.63, 3.8) is 0 Å². The number of hydrogen-bond donors (Lipinski definition) is 1. The summed E-state index contributed by atoms with van der Waals surface area (Å²) in [5.74, 6) is -0.0212. The zero-order valence-electron chi connectivity index (χ0n) is 20.1. The summed E-state index contributed by atoms with van der Waals surface area (Å²) in [6.45, 7) is 3.68. The number of benzene rings is 4. The lowest BCUT2D eigenvalue weighted by atomic mass is 10.0. The van der Waals surface area contributed by atoms with E-state index in [2.05, 4.69) is 17.4 Å². The summed E-state index contributed by atoms with van der Waals surface area (Å²) in [7, 11) is -3.91. The van der Waals surface area contributed by atoms with Crippen molar-refractivity contribution in [3.8, 4) is 5.75 Å². The van der Waals surface area contributed by atoms with E-state index >= 15 is 0 Å². The second-order valence-corrected chi connectivity index (χ2v) is 11.4. The Hall–Kier alpha value is -3.84. The number of anilines is 2. The van der Waals surface area contributed by atoms with Crippen molar-refractivity contribution in [1.82, 2.24) is 0 Å². The third-order valence-electron chi connectivity index (χ3n) is 7.02. The molecule has 0 unspecified atom stereocenters. The van der Waals surface area contributed by atoms with Gasteiger partial charge in [-0.3, -0.25) is 9.10 Å². The topological polar surface area (TPSA) is 75.7 Å². The van der Waals surface area contributed by atoms with Crippen molar-refractivity contribution in [1.29, 1.82) is 0 Å². The number of ether oxygens (including phenoxy) is 1. The first-order chi connectivity index (χ1) is 17.3. The van der Waals surface area contributed by atoms with Gasteiger partial charge in [0.2, 0.25) is 0 Å². The van der Waals surface area contributed by atoms with Crippen LogP contribution in [-0.2, 0) is 27.7 Å². The van der Waals surface area contributed by atoms with E-state index in [1.165, 1.54) is 20.8 Å². The van der Waals surface area contributed by atoms with Crippen LogP contribution in [0, 0.1) is 13.8 Å². The highest BCUT2D eigenvalue weighted by Crippen LogP contribution is 2.39. The Bertz CT molecular complexity index is 1620. The molecule has 6 rings (SSSR count). The SMILES string of the molecule is Cc1ccc(S(=O)(=O)N2C[C@H](C(=O)Nc3ccc4c5c(cccc35)CC4)Oc3ccc(C)cc32)cc1. The molecule has 0 aromatic heterocycles. The maximum atomic E-state index is 13.7. The molecule has 0 spiro atoms. The molecule has 0 bridgehead atoms. The first-order valence-electron chi connectivity index (χ1n) is 12.0. The molecule has 1 atom stereocenters. The molecule has 2 aliphatic rings. The number of nitrogens with zero attached hydrogens (tertiary/aromatic N) is 1. The molecule has 6 nitrogen and oxygen atoms in total. The first-order valence-corrected chi connectivity index (χ1v) is 13.5. The van der Waals surface area contributed by atoms with Gasteiger partial charge < -0.3 is 10.1 Å². The molecule has 7 heteroatoms. The van der Waals surface area contributed by atoms with Gasteiger partial charge in [-0.25, -0.2) is 8.42 Å². The van der Waals surface area contributed by atoms with Crippen molar-refractivity contribution >= 4 is 38.1 Å². The van der Waals surface area contributed by atoms with Crippen LogP contribution in [0.25, 0.3) is 10.8 Å².